The quantitative estimate of drug-likeness (QED) is 0.212. The number of amides is 3. The molecule has 0 spiro atoms. The molecule has 0 radical (unpaired) electrons. The molecule has 0 bridgehead atoms. The number of hydrogen-bond acceptors (Lipinski definition) is 6. The molecule has 1 aliphatic heterocycles. The zero-order valence-corrected chi connectivity index (χ0v) is 28.0. The summed E-state index contributed by atoms with van der Waals surface area (Å²) in [7, 11) is 0. The van der Waals surface area contributed by atoms with E-state index in [4.69, 9.17) is 14.8 Å². The van der Waals surface area contributed by atoms with E-state index >= 15 is 0 Å². The maximum atomic E-state index is 12.4. The van der Waals surface area contributed by atoms with Crippen LogP contribution >= 0.6 is 15.9 Å². The fraction of sp³-hybridized carbons (Fsp3) is 0.594. The molecule has 2 heterocycles. The monoisotopic (exact) mass is 697 g/mol. The van der Waals surface area contributed by atoms with Gasteiger partial charge in [-0.3, -0.25) is 19.4 Å². The lowest BCUT2D eigenvalue weighted by atomic mass is 9.84. The number of nitrogens with zero attached hydrogens (tertiary/aromatic N) is 3. The van der Waals surface area contributed by atoms with Gasteiger partial charge in [-0.25, -0.2) is 0 Å². The van der Waals surface area contributed by atoms with Crippen molar-refractivity contribution in [2.75, 3.05) is 19.6 Å². The number of halogens is 4. The summed E-state index contributed by atoms with van der Waals surface area (Å²) in [6.07, 6.45) is 5.11. The molecule has 2 aliphatic carbocycles. The third-order valence-electron chi connectivity index (χ3n) is 8.21. The van der Waals surface area contributed by atoms with Crippen LogP contribution in [0.1, 0.15) is 65.4 Å². The van der Waals surface area contributed by atoms with Gasteiger partial charge in [0.2, 0.25) is 12.3 Å². The summed E-state index contributed by atoms with van der Waals surface area (Å²) >= 11 is 3.52. The van der Waals surface area contributed by atoms with Crippen molar-refractivity contribution in [3.63, 3.8) is 0 Å². The molecule has 1 aromatic heterocycles. The summed E-state index contributed by atoms with van der Waals surface area (Å²) in [5.74, 6) is -0.594. The molecular weight excluding hydrogens is 655 g/mol. The fourth-order valence-electron chi connectivity index (χ4n) is 5.10. The van der Waals surface area contributed by atoms with E-state index in [1.54, 1.807) is 6.07 Å². The standard InChI is InChI=1S/C17H29NO2.C10H8BrN.C3H4N2O.C2H2F3NO/c1-12-10-18(11-16(12,3)4)15(19)9-13(2)20-17(7-8-17)14-5-6-14;1-7-5-12-6-8-3-2-4-9(11)10(7)8;4-1-2-5-3-6;3-2(4,5)1(6)7/h12-14H,5-11H2,1-4H3;2-6H,1H3;3H,2H2,(H,5,6);(H2,6,7)/t12?,13-;;;/m1.../s1. The van der Waals surface area contributed by atoms with E-state index in [2.05, 4.69) is 78.7 Å². The zero-order valence-electron chi connectivity index (χ0n) is 26.4. The molecule has 1 saturated heterocycles. The average molecular weight is 699 g/mol. The zero-order chi connectivity index (χ0) is 34.0. The Kier molecular flexibility index (Phi) is 13.8. The van der Waals surface area contributed by atoms with E-state index in [1.165, 1.54) is 42.0 Å². The molecular formula is C32H43BrF3N5O4. The maximum Gasteiger partial charge on any atom is 0.470 e. The van der Waals surface area contributed by atoms with Crippen molar-refractivity contribution >= 4 is 44.9 Å². The van der Waals surface area contributed by atoms with Crippen molar-refractivity contribution in [2.24, 2.45) is 23.0 Å². The van der Waals surface area contributed by atoms with Crippen molar-refractivity contribution in [3.05, 3.63) is 40.6 Å². The molecule has 3 aliphatic rings. The Morgan fingerprint density at radius 2 is 1.91 bits per heavy atom. The number of carbonyl (C=O) groups is 3. The van der Waals surface area contributed by atoms with Gasteiger partial charge in [0, 0.05) is 40.7 Å². The van der Waals surface area contributed by atoms with Gasteiger partial charge in [-0.2, -0.15) is 18.4 Å². The Bertz CT molecular complexity index is 1320. The number of fused-ring (bicyclic) bond motifs is 1. The van der Waals surface area contributed by atoms with Crippen LogP contribution in [0.25, 0.3) is 10.8 Å². The normalized spacial score (nSPS) is 19.6. The molecule has 3 fully saturated rings. The fourth-order valence-corrected chi connectivity index (χ4v) is 5.79. The topological polar surface area (TPSA) is 138 Å². The molecule has 3 N–H and O–H groups in total. The second-order valence-corrected chi connectivity index (χ2v) is 13.3. The average Bonchev–Trinajstić information content (AvgIpc) is 3.87. The third-order valence-corrected chi connectivity index (χ3v) is 8.87. The Balaban J connectivity index is 0.000000239. The number of carbonyl (C=O) groups excluding carboxylic acids is 3. The number of nitrogens with one attached hydrogen (secondary N) is 1. The van der Waals surface area contributed by atoms with Crippen molar-refractivity contribution < 1.29 is 32.3 Å². The van der Waals surface area contributed by atoms with Crippen LogP contribution in [-0.2, 0) is 19.1 Å². The summed E-state index contributed by atoms with van der Waals surface area (Å²) < 4.78 is 39.5. The largest absolute Gasteiger partial charge is 0.470 e. The highest BCUT2D eigenvalue weighted by Gasteiger charge is 2.56. The van der Waals surface area contributed by atoms with Crippen molar-refractivity contribution in [3.8, 4) is 6.07 Å². The third kappa shape index (κ3) is 11.9. The van der Waals surface area contributed by atoms with Crippen LogP contribution in [-0.4, -0.2) is 65.6 Å². The van der Waals surface area contributed by atoms with E-state index in [-0.39, 0.29) is 29.6 Å². The van der Waals surface area contributed by atoms with Crippen LogP contribution in [0.2, 0.25) is 0 Å². The van der Waals surface area contributed by atoms with Crippen LogP contribution in [0, 0.1) is 35.5 Å². The minimum absolute atomic E-state index is 0.0737. The molecule has 13 heteroatoms. The predicted molar refractivity (Wildman–Crippen MR) is 168 cm³/mol. The molecule has 2 saturated carbocycles. The SMILES string of the molecule is CC1CN(C(=O)C[C@@H](C)OC2(C3CC3)CC2)CC1(C)C.Cc1cncc2cccc(Br)c12.N#CCNC=O.NC(=O)C(F)(F)F. The van der Waals surface area contributed by atoms with Gasteiger partial charge < -0.3 is 20.7 Å². The van der Waals surface area contributed by atoms with Gasteiger partial charge in [0.15, 0.2) is 0 Å². The number of hydrogen-bond donors (Lipinski definition) is 2. The first-order chi connectivity index (χ1) is 21.0. The number of primary amides is 1. The molecule has 2 aromatic rings. The van der Waals surface area contributed by atoms with Crippen molar-refractivity contribution in [1.29, 1.82) is 5.26 Å². The number of aryl methyl sites for hydroxylation is 1. The smallest absolute Gasteiger partial charge is 0.371 e. The number of rotatable bonds is 7. The van der Waals surface area contributed by atoms with Crippen LogP contribution in [0.3, 0.4) is 0 Å². The van der Waals surface area contributed by atoms with E-state index in [0.29, 0.717) is 18.7 Å². The number of nitrogens with two attached hydrogens (primary N) is 1. The maximum absolute atomic E-state index is 12.4. The highest BCUT2D eigenvalue weighted by atomic mass is 79.9. The summed E-state index contributed by atoms with van der Waals surface area (Å²) in [4.78, 5) is 37.0. The Morgan fingerprint density at radius 3 is 2.33 bits per heavy atom. The number of ether oxygens (including phenoxy) is 1. The van der Waals surface area contributed by atoms with E-state index < -0.39 is 12.1 Å². The van der Waals surface area contributed by atoms with Crippen LogP contribution in [0.4, 0.5) is 13.2 Å². The summed E-state index contributed by atoms with van der Waals surface area (Å²) in [5, 5.41) is 12.3. The second-order valence-electron chi connectivity index (χ2n) is 12.4. The van der Waals surface area contributed by atoms with Crippen molar-refractivity contribution in [2.45, 2.75) is 84.6 Å². The Hall–Kier alpha value is -3.24. The van der Waals surface area contributed by atoms with Gasteiger partial charge in [0.05, 0.1) is 24.2 Å². The lowest BCUT2D eigenvalue weighted by Crippen LogP contribution is -2.34. The molecule has 1 unspecified atom stereocenters. The minimum atomic E-state index is -4.86. The number of likely N-dealkylation sites (tertiary alicyclic amines) is 1. The molecule has 45 heavy (non-hydrogen) atoms. The van der Waals surface area contributed by atoms with E-state index in [0.717, 1.165) is 23.5 Å². The Morgan fingerprint density at radius 1 is 1.29 bits per heavy atom. The molecule has 9 nitrogen and oxygen atoms in total. The first kappa shape index (κ1) is 37.9. The summed E-state index contributed by atoms with van der Waals surface area (Å²) in [6.45, 7) is 12.8. The van der Waals surface area contributed by atoms with Gasteiger partial charge in [0.25, 0.3) is 0 Å². The van der Waals surface area contributed by atoms with Gasteiger partial charge in [0.1, 0.15) is 6.54 Å². The predicted octanol–water partition coefficient (Wildman–Crippen LogP) is 5.82. The minimum Gasteiger partial charge on any atom is -0.371 e. The van der Waals surface area contributed by atoms with Gasteiger partial charge in [-0.05, 0) is 68.4 Å². The van der Waals surface area contributed by atoms with Crippen LogP contribution < -0.4 is 11.1 Å². The highest BCUT2D eigenvalue weighted by Crippen LogP contribution is 2.57. The van der Waals surface area contributed by atoms with Gasteiger partial charge in [-0.1, -0.05) is 48.8 Å². The first-order valence-corrected chi connectivity index (χ1v) is 15.6. The van der Waals surface area contributed by atoms with Crippen LogP contribution in [0.15, 0.2) is 35.1 Å². The van der Waals surface area contributed by atoms with Gasteiger partial charge >= 0.3 is 12.1 Å². The first-order valence-electron chi connectivity index (χ1n) is 14.8. The molecule has 3 amide bonds. The van der Waals surface area contributed by atoms with Crippen LogP contribution in [0.5, 0.6) is 0 Å². The number of aromatic nitrogens is 1. The summed E-state index contributed by atoms with van der Waals surface area (Å²) in [6, 6.07) is 7.87. The highest BCUT2D eigenvalue weighted by molar-refractivity contribution is 9.10. The molecule has 2 atom stereocenters. The van der Waals surface area contributed by atoms with E-state index in [9.17, 15) is 22.8 Å². The van der Waals surface area contributed by atoms with Gasteiger partial charge in [-0.15, -0.1) is 0 Å². The number of pyridine rings is 1. The number of alkyl halides is 3. The second kappa shape index (κ2) is 16.4. The number of benzene rings is 1. The number of nitriles is 1. The lowest BCUT2D eigenvalue weighted by molar-refractivity contribution is -0.169. The Labute approximate surface area is 271 Å². The van der Waals surface area contributed by atoms with Crippen molar-refractivity contribution in [1.82, 2.24) is 15.2 Å². The van der Waals surface area contributed by atoms with E-state index in [1.807, 2.05) is 23.4 Å². The molecule has 5 rings (SSSR count). The summed E-state index contributed by atoms with van der Waals surface area (Å²) in [5.41, 5.74) is 5.45. The molecule has 248 valence electrons. The lowest BCUT2D eigenvalue weighted by Gasteiger charge is -2.25. The molecule has 1 aromatic carbocycles.